The smallest absolute Gasteiger partial charge is 0.179 e. The molecule has 5 rings (SSSR count). The van der Waals surface area contributed by atoms with E-state index in [0.717, 1.165) is 85.3 Å². The van der Waals surface area contributed by atoms with Gasteiger partial charge in [-0.25, -0.2) is 9.97 Å². The van der Waals surface area contributed by atoms with E-state index in [1.54, 1.807) is 0 Å². The molecular weight excluding hydrogens is 452 g/mol. The molecule has 0 spiro atoms. The van der Waals surface area contributed by atoms with E-state index >= 15 is 0 Å². The number of rotatable bonds is 7. The molecule has 0 saturated carbocycles. The standard InChI is InChI=1S/C25H27ClN6O2/c1-3-32-21(11-16(2)30-32)25-28-20-14-18-19(23(20)24(26)29-25)12-17(15-27)13-22(18)34-8-4-5-31-6-9-33-10-7-31/h11-13H,3-10,14H2,1-2H3. The Morgan fingerprint density at radius 2 is 2.03 bits per heavy atom. The van der Waals surface area contributed by atoms with Crippen molar-refractivity contribution in [1.82, 2.24) is 24.6 Å². The lowest BCUT2D eigenvalue weighted by Gasteiger charge is -2.26. The van der Waals surface area contributed by atoms with Gasteiger partial charge in [0.1, 0.15) is 16.6 Å². The fourth-order valence-corrected chi connectivity index (χ4v) is 4.95. The molecule has 1 aliphatic heterocycles. The first-order valence-electron chi connectivity index (χ1n) is 11.7. The van der Waals surface area contributed by atoms with Crippen LogP contribution < -0.4 is 4.74 Å². The van der Waals surface area contributed by atoms with Gasteiger partial charge in [-0.2, -0.15) is 10.4 Å². The number of fused-ring (bicyclic) bond motifs is 3. The van der Waals surface area contributed by atoms with E-state index in [1.807, 2.05) is 36.7 Å². The van der Waals surface area contributed by atoms with Crippen molar-refractivity contribution in [1.29, 1.82) is 5.26 Å². The molecule has 0 amide bonds. The Morgan fingerprint density at radius 3 is 2.79 bits per heavy atom. The van der Waals surface area contributed by atoms with Crippen LogP contribution in [-0.2, 0) is 17.7 Å². The molecule has 9 heteroatoms. The maximum Gasteiger partial charge on any atom is 0.179 e. The van der Waals surface area contributed by atoms with Gasteiger partial charge in [-0.15, -0.1) is 0 Å². The first-order valence-corrected chi connectivity index (χ1v) is 12.1. The Hall–Kier alpha value is -2.99. The minimum Gasteiger partial charge on any atom is -0.493 e. The summed E-state index contributed by atoms with van der Waals surface area (Å²) in [5.41, 5.74) is 5.82. The number of halogens is 1. The topological polar surface area (TPSA) is 89.1 Å². The summed E-state index contributed by atoms with van der Waals surface area (Å²) in [6, 6.07) is 7.89. The average Bonchev–Trinajstić information content (AvgIpc) is 3.42. The molecule has 1 aromatic carbocycles. The zero-order valence-electron chi connectivity index (χ0n) is 19.5. The van der Waals surface area contributed by atoms with Crippen molar-refractivity contribution in [2.45, 2.75) is 33.2 Å². The van der Waals surface area contributed by atoms with Gasteiger partial charge in [0.2, 0.25) is 0 Å². The van der Waals surface area contributed by atoms with Gasteiger partial charge in [0.05, 0.1) is 42.8 Å². The summed E-state index contributed by atoms with van der Waals surface area (Å²) in [4.78, 5) is 11.9. The van der Waals surface area contributed by atoms with Crippen LogP contribution in [0.5, 0.6) is 5.75 Å². The van der Waals surface area contributed by atoms with Crippen LogP contribution in [0.2, 0.25) is 5.15 Å². The lowest BCUT2D eigenvalue weighted by molar-refractivity contribution is 0.0358. The molecule has 34 heavy (non-hydrogen) atoms. The third kappa shape index (κ3) is 4.39. The molecule has 1 aliphatic carbocycles. The monoisotopic (exact) mass is 478 g/mol. The average molecular weight is 479 g/mol. The van der Waals surface area contributed by atoms with Gasteiger partial charge >= 0.3 is 0 Å². The highest BCUT2D eigenvalue weighted by Gasteiger charge is 2.29. The van der Waals surface area contributed by atoms with Crippen molar-refractivity contribution < 1.29 is 9.47 Å². The zero-order chi connectivity index (χ0) is 23.7. The van der Waals surface area contributed by atoms with Crippen LogP contribution in [0, 0.1) is 18.3 Å². The molecule has 0 radical (unpaired) electrons. The Kier molecular flexibility index (Phi) is 6.50. The first kappa shape index (κ1) is 22.8. The highest BCUT2D eigenvalue weighted by atomic mass is 35.5. The first-order chi connectivity index (χ1) is 16.6. The molecule has 1 fully saturated rings. The molecule has 176 valence electrons. The van der Waals surface area contributed by atoms with E-state index in [9.17, 15) is 5.26 Å². The number of ether oxygens (including phenoxy) is 2. The van der Waals surface area contributed by atoms with Crippen molar-refractivity contribution in [3.63, 3.8) is 0 Å². The fraction of sp³-hybridized carbons (Fsp3) is 0.440. The number of hydrogen-bond donors (Lipinski definition) is 0. The molecule has 0 atom stereocenters. The van der Waals surface area contributed by atoms with Crippen LogP contribution in [0.15, 0.2) is 18.2 Å². The van der Waals surface area contributed by atoms with Crippen molar-refractivity contribution in [2.24, 2.45) is 0 Å². The predicted octanol–water partition coefficient (Wildman–Crippen LogP) is 3.87. The maximum atomic E-state index is 9.61. The van der Waals surface area contributed by atoms with Crippen LogP contribution >= 0.6 is 11.6 Å². The second kappa shape index (κ2) is 9.71. The lowest BCUT2D eigenvalue weighted by Crippen LogP contribution is -2.37. The molecule has 3 heterocycles. The van der Waals surface area contributed by atoms with Gasteiger partial charge in [-0.3, -0.25) is 9.58 Å². The largest absolute Gasteiger partial charge is 0.493 e. The number of nitriles is 1. The molecule has 0 bridgehead atoms. The number of aromatic nitrogens is 4. The Morgan fingerprint density at radius 1 is 1.21 bits per heavy atom. The van der Waals surface area contributed by atoms with E-state index in [1.165, 1.54) is 0 Å². The van der Waals surface area contributed by atoms with Crippen LogP contribution in [0.25, 0.3) is 22.6 Å². The van der Waals surface area contributed by atoms with Crippen LogP contribution in [0.4, 0.5) is 0 Å². The summed E-state index contributed by atoms with van der Waals surface area (Å²) in [7, 11) is 0. The van der Waals surface area contributed by atoms with Crippen molar-refractivity contribution in [3.05, 3.63) is 45.9 Å². The molecule has 8 nitrogen and oxygen atoms in total. The van der Waals surface area contributed by atoms with Crippen molar-refractivity contribution in [3.8, 4) is 34.5 Å². The van der Waals surface area contributed by atoms with Gasteiger partial charge in [0.25, 0.3) is 0 Å². The molecule has 1 saturated heterocycles. The molecule has 3 aromatic rings. The number of aryl methyl sites for hydroxylation is 2. The number of nitrogens with zero attached hydrogens (tertiary/aromatic N) is 6. The fourth-order valence-electron chi connectivity index (χ4n) is 4.66. The Labute approximate surface area is 204 Å². The minimum absolute atomic E-state index is 0.383. The molecule has 2 aliphatic rings. The Balaban J connectivity index is 1.41. The molecule has 0 N–H and O–H groups in total. The normalized spacial score (nSPS) is 15.1. The van der Waals surface area contributed by atoms with E-state index in [-0.39, 0.29) is 0 Å². The SMILES string of the molecule is CCn1nc(C)cc1-c1nc(Cl)c2c(n1)Cc1c(OCCCN3CCOCC3)cc(C#N)cc1-2. The van der Waals surface area contributed by atoms with Crippen LogP contribution in [-0.4, -0.2) is 64.1 Å². The van der Waals surface area contributed by atoms with Crippen molar-refractivity contribution >= 4 is 11.6 Å². The summed E-state index contributed by atoms with van der Waals surface area (Å²) >= 11 is 6.70. The van der Waals surface area contributed by atoms with E-state index in [2.05, 4.69) is 21.1 Å². The zero-order valence-corrected chi connectivity index (χ0v) is 20.2. The number of morpholine rings is 1. The summed E-state index contributed by atoms with van der Waals surface area (Å²) < 4.78 is 13.5. The van der Waals surface area contributed by atoms with Crippen LogP contribution in [0.1, 0.15) is 35.9 Å². The molecular formula is C25H27ClN6O2. The predicted molar refractivity (Wildman–Crippen MR) is 129 cm³/mol. The van der Waals surface area contributed by atoms with Gasteiger partial charge < -0.3 is 9.47 Å². The second-order valence-corrected chi connectivity index (χ2v) is 8.95. The van der Waals surface area contributed by atoms with Gasteiger partial charge in [0, 0.05) is 43.7 Å². The van der Waals surface area contributed by atoms with E-state index in [4.69, 9.17) is 26.1 Å². The quantitative estimate of drug-likeness (QED) is 0.294. The number of benzene rings is 1. The maximum absolute atomic E-state index is 9.61. The third-order valence-electron chi connectivity index (χ3n) is 6.30. The van der Waals surface area contributed by atoms with Crippen molar-refractivity contribution in [2.75, 3.05) is 39.5 Å². The molecule has 2 aromatic heterocycles. The van der Waals surface area contributed by atoms with E-state index < -0.39 is 0 Å². The van der Waals surface area contributed by atoms with Gasteiger partial charge in [0.15, 0.2) is 5.82 Å². The lowest BCUT2D eigenvalue weighted by atomic mass is 10.0. The highest BCUT2D eigenvalue weighted by Crippen LogP contribution is 2.44. The van der Waals surface area contributed by atoms with E-state index in [0.29, 0.717) is 29.6 Å². The van der Waals surface area contributed by atoms with Gasteiger partial charge in [-0.1, -0.05) is 11.6 Å². The minimum atomic E-state index is 0.383. The summed E-state index contributed by atoms with van der Waals surface area (Å²) in [6.45, 7) is 9.76. The second-order valence-electron chi connectivity index (χ2n) is 8.59. The highest BCUT2D eigenvalue weighted by molar-refractivity contribution is 6.32. The summed E-state index contributed by atoms with van der Waals surface area (Å²) in [6.07, 6.45) is 1.49. The Bertz CT molecular complexity index is 1260. The number of hydrogen-bond acceptors (Lipinski definition) is 7. The molecule has 0 unspecified atom stereocenters. The van der Waals surface area contributed by atoms with Gasteiger partial charge in [-0.05, 0) is 44.0 Å². The summed E-state index contributed by atoms with van der Waals surface area (Å²) in [5.74, 6) is 1.29. The summed E-state index contributed by atoms with van der Waals surface area (Å²) in [5, 5.41) is 14.5. The van der Waals surface area contributed by atoms with Crippen LogP contribution in [0.3, 0.4) is 0 Å². The third-order valence-corrected chi connectivity index (χ3v) is 6.58.